The van der Waals surface area contributed by atoms with Crippen LogP contribution in [-0.4, -0.2) is 65.7 Å². The van der Waals surface area contributed by atoms with Gasteiger partial charge in [0.05, 0.1) is 13.2 Å². The number of unbranched alkanes of at least 4 members (excludes halogenated alkanes) is 1. The van der Waals surface area contributed by atoms with Gasteiger partial charge in [0.1, 0.15) is 11.9 Å². The van der Waals surface area contributed by atoms with E-state index in [9.17, 15) is 14.7 Å². The van der Waals surface area contributed by atoms with Gasteiger partial charge < -0.3 is 29.2 Å². The monoisotopic (exact) mass is 500 g/mol. The van der Waals surface area contributed by atoms with E-state index >= 15 is 0 Å². The van der Waals surface area contributed by atoms with Crippen molar-refractivity contribution >= 4 is 16.8 Å². The lowest BCUT2D eigenvalue weighted by atomic mass is 9.82. The van der Waals surface area contributed by atoms with Crippen molar-refractivity contribution in [3.8, 4) is 5.75 Å². The van der Waals surface area contributed by atoms with Crippen LogP contribution in [0.25, 0.3) is 10.9 Å². The molecule has 2 heterocycles. The van der Waals surface area contributed by atoms with Gasteiger partial charge in [-0.25, -0.2) is 0 Å². The summed E-state index contributed by atoms with van der Waals surface area (Å²) >= 11 is 0. The van der Waals surface area contributed by atoms with Crippen molar-refractivity contribution in [3.05, 3.63) is 40.7 Å². The lowest BCUT2D eigenvalue weighted by Gasteiger charge is -2.33. The predicted molar refractivity (Wildman–Crippen MR) is 138 cm³/mol. The minimum Gasteiger partial charge on any atom is -0.494 e. The maximum atomic E-state index is 13.2. The van der Waals surface area contributed by atoms with Crippen molar-refractivity contribution in [3.63, 3.8) is 0 Å². The molecule has 1 aliphatic heterocycles. The zero-order valence-corrected chi connectivity index (χ0v) is 21.5. The standard InChI is InChI=1S/C28H40N2O6/c1-28(2)35-19-24(36-28)17-30(16-20-6-8-21(18-31)9-7-20)27(33)5-3-4-14-34-23-11-12-25-22(15-23)10-13-26(32)29-25/h10-13,15,20-21,24,31H,3-9,14,16-19H2,1-2H3,(H,29,32). The summed E-state index contributed by atoms with van der Waals surface area (Å²) in [5.74, 6) is 1.18. The number of nitrogens with one attached hydrogen (secondary N) is 1. The minimum atomic E-state index is -0.603. The lowest BCUT2D eigenvalue weighted by molar-refractivity contribution is -0.147. The number of H-pyrrole nitrogens is 1. The second-order valence-corrected chi connectivity index (χ2v) is 10.7. The highest BCUT2D eigenvalue weighted by Gasteiger charge is 2.35. The quantitative estimate of drug-likeness (QED) is 0.455. The molecule has 0 spiro atoms. The molecule has 1 atom stereocenters. The Kier molecular flexibility index (Phi) is 9.04. The van der Waals surface area contributed by atoms with Gasteiger partial charge in [-0.3, -0.25) is 9.59 Å². The zero-order valence-electron chi connectivity index (χ0n) is 21.5. The SMILES string of the molecule is CC1(C)OCC(CN(CC2CCC(CO)CC2)C(=O)CCCCOc2ccc3[nH]c(=O)ccc3c2)O1. The van der Waals surface area contributed by atoms with Gasteiger partial charge in [-0.15, -0.1) is 0 Å². The normalized spacial score (nSPS) is 23.6. The largest absolute Gasteiger partial charge is 0.494 e. The molecule has 2 fully saturated rings. The maximum absolute atomic E-state index is 13.2. The van der Waals surface area contributed by atoms with Crippen LogP contribution >= 0.6 is 0 Å². The average Bonchev–Trinajstić information content (AvgIpc) is 3.21. The van der Waals surface area contributed by atoms with Gasteiger partial charge in [-0.2, -0.15) is 0 Å². The second kappa shape index (κ2) is 12.2. The van der Waals surface area contributed by atoms with Crippen LogP contribution in [0.3, 0.4) is 0 Å². The molecule has 4 rings (SSSR count). The van der Waals surface area contributed by atoms with E-state index in [0.717, 1.165) is 61.7 Å². The Balaban J connectivity index is 1.25. The fourth-order valence-electron chi connectivity index (χ4n) is 5.23. The second-order valence-electron chi connectivity index (χ2n) is 10.7. The number of amides is 1. The molecule has 1 unspecified atom stereocenters. The molecule has 0 radical (unpaired) electrons. The van der Waals surface area contributed by atoms with Crippen LogP contribution in [0.5, 0.6) is 5.75 Å². The Hall–Kier alpha value is -2.42. The van der Waals surface area contributed by atoms with Crippen molar-refractivity contribution in [2.75, 3.05) is 32.9 Å². The Morgan fingerprint density at radius 1 is 1.11 bits per heavy atom. The third kappa shape index (κ3) is 7.54. The summed E-state index contributed by atoms with van der Waals surface area (Å²) in [5, 5.41) is 10.4. The minimum absolute atomic E-state index is 0.107. The number of rotatable bonds is 11. The summed E-state index contributed by atoms with van der Waals surface area (Å²) in [6.07, 6.45) is 6.06. The number of ether oxygens (including phenoxy) is 3. The van der Waals surface area contributed by atoms with E-state index in [2.05, 4.69) is 4.98 Å². The number of nitrogens with zero attached hydrogens (tertiary/aromatic N) is 1. The number of aliphatic hydroxyl groups is 1. The summed E-state index contributed by atoms with van der Waals surface area (Å²) in [7, 11) is 0. The van der Waals surface area contributed by atoms with E-state index in [1.54, 1.807) is 6.07 Å². The van der Waals surface area contributed by atoms with Gasteiger partial charge in [0.2, 0.25) is 11.5 Å². The Morgan fingerprint density at radius 3 is 2.61 bits per heavy atom. The van der Waals surface area contributed by atoms with Crippen LogP contribution in [0, 0.1) is 11.8 Å². The lowest BCUT2D eigenvalue weighted by Crippen LogP contribution is -2.42. The number of benzene rings is 1. The number of aliphatic hydroxyl groups excluding tert-OH is 1. The first kappa shape index (κ1) is 26.6. The highest BCUT2D eigenvalue weighted by molar-refractivity contribution is 5.79. The van der Waals surface area contributed by atoms with E-state index in [0.29, 0.717) is 38.0 Å². The number of fused-ring (bicyclic) bond motifs is 1. The van der Waals surface area contributed by atoms with Gasteiger partial charge in [0, 0.05) is 43.1 Å². The van der Waals surface area contributed by atoms with E-state index < -0.39 is 5.79 Å². The zero-order chi connectivity index (χ0) is 25.5. The van der Waals surface area contributed by atoms with Gasteiger partial charge in [-0.1, -0.05) is 0 Å². The van der Waals surface area contributed by atoms with Crippen LogP contribution in [-0.2, 0) is 14.3 Å². The molecule has 8 nitrogen and oxygen atoms in total. The first-order chi connectivity index (χ1) is 17.3. The summed E-state index contributed by atoms with van der Waals surface area (Å²) in [5.41, 5.74) is 0.661. The van der Waals surface area contributed by atoms with Crippen molar-refractivity contribution < 1.29 is 24.1 Å². The molecule has 2 N–H and O–H groups in total. The Labute approximate surface area is 212 Å². The van der Waals surface area contributed by atoms with Crippen molar-refractivity contribution in [2.45, 2.75) is 70.7 Å². The molecule has 1 saturated carbocycles. The molecule has 1 amide bonds. The summed E-state index contributed by atoms with van der Waals surface area (Å²) in [6, 6.07) is 8.89. The number of hydrogen-bond acceptors (Lipinski definition) is 6. The van der Waals surface area contributed by atoms with Gasteiger partial charge in [0.15, 0.2) is 5.79 Å². The summed E-state index contributed by atoms with van der Waals surface area (Å²) in [6.45, 7) is 6.40. The topological polar surface area (TPSA) is 101 Å². The molecule has 1 aliphatic carbocycles. The molecule has 198 valence electrons. The first-order valence-electron chi connectivity index (χ1n) is 13.3. The molecule has 1 aromatic carbocycles. The van der Waals surface area contributed by atoms with Crippen molar-refractivity contribution in [1.82, 2.24) is 9.88 Å². The number of hydrogen-bond donors (Lipinski definition) is 2. The molecular weight excluding hydrogens is 460 g/mol. The Bertz CT molecular complexity index is 1060. The highest BCUT2D eigenvalue weighted by atomic mass is 16.7. The maximum Gasteiger partial charge on any atom is 0.248 e. The highest BCUT2D eigenvalue weighted by Crippen LogP contribution is 2.30. The van der Waals surface area contributed by atoms with E-state index in [1.807, 2.05) is 36.9 Å². The number of aromatic amines is 1. The summed E-state index contributed by atoms with van der Waals surface area (Å²) in [4.78, 5) is 29.4. The predicted octanol–water partition coefficient (Wildman–Crippen LogP) is 3.86. The molecule has 0 bridgehead atoms. The Morgan fingerprint density at radius 2 is 1.89 bits per heavy atom. The van der Waals surface area contributed by atoms with Crippen LogP contribution in [0.2, 0.25) is 0 Å². The first-order valence-corrected chi connectivity index (χ1v) is 13.3. The van der Waals surface area contributed by atoms with E-state index in [1.165, 1.54) is 6.07 Å². The number of pyridine rings is 1. The molecule has 8 heteroatoms. The van der Waals surface area contributed by atoms with Crippen LogP contribution < -0.4 is 10.3 Å². The smallest absolute Gasteiger partial charge is 0.248 e. The fraction of sp³-hybridized carbons (Fsp3) is 0.643. The van der Waals surface area contributed by atoms with Crippen LogP contribution in [0.1, 0.15) is 58.8 Å². The van der Waals surface area contributed by atoms with Gasteiger partial charge >= 0.3 is 0 Å². The van der Waals surface area contributed by atoms with Gasteiger partial charge in [0.25, 0.3) is 0 Å². The third-order valence-corrected chi connectivity index (χ3v) is 7.30. The van der Waals surface area contributed by atoms with Gasteiger partial charge in [-0.05, 0) is 88.5 Å². The molecule has 2 aliphatic rings. The fourth-order valence-corrected chi connectivity index (χ4v) is 5.23. The third-order valence-electron chi connectivity index (χ3n) is 7.30. The van der Waals surface area contributed by atoms with E-state index in [4.69, 9.17) is 14.2 Å². The number of aromatic nitrogens is 1. The average molecular weight is 501 g/mol. The number of carbonyl (C=O) groups is 1. The molecule has 1 aromatic heterocycles. The van der Waals surface area contributed by atoms with E-state index in [-0.39, 0.29) is 24.2 Å². The molecule has 1 saturated heterocycles. The summed E-state index contributed by atoms with van der Waals surface area (Å²) < 4.78 is 17.6. The molecule has 2 aromatic rings. The molecular formula is C28H40N2O6. The van der Waals surface area contributed by atoms with Crippen molar-refractivity contribution in [1.29, 1.82) is 0 Å². The van der Waals surface area contributed by atoms with Crippen LogP contribution in [0.4, 0.5) is 0 Å². The molecule has 36 heavy (non-hydrogen) atoms. The van der Waals surface area contributed by atoms with Crippen LogP contribution in [0.15, 0.2) is 35.1 Å². The van der Waals surface area contributed by atoms with Crippen molar-refractivity contribution in [2.24, 2.45) is 11.8 Å². The number of carbonyl (C=O) groups excluding carboxylic acids is 1.